The van der Waals surface area contributed by atoms with Gasteiger partial charge >= 0.3 is 0 Å². The third-order valence-electron chi connectivity index (χ3n) is 12.5. The van der Waals surface area contributed by atoms with Crippen molar-refractivity contribution < 1.29 is 27.7 Å². The van der Waals surface area contributed by atoms with Gasteiger partial charge in [0.25, 0.3) is 0 Å². The number of furan rings is 1. The second kappa shape index (κ2) is 20.6. The number of aryl methyl sites for hydroxylation is 6. The first-order valence-electron chi connectivity index (χ1n) is 31.8. The molecule has 0 spiro atoms. The second-order valence-corrected chi connectivity index (χ2v) is 17.7. The summed E-state index contributed by atoms with van der Waals surface area (Å²) in [7, 11) is 0. The lowest BCUT2D eigenvalue weighted by Gasteiger charge is -2.25. The molecule has 1 fully saturated rings. The van der Waals surface area contributed by atoms with Crippen molar-refractivity contribution in [2.45, 2.75) is 116 Å². The van der Waals surface area contributed by atoms with E-state index in [1.54, 1.807) is 78.9 Å². The molecule has 0 amide bonds. The van der Waals surface area contributed by atoms with Crippen LogP contribution in [0.3, 0.4) is 0 Å². The molecule has 0 atom stereocenters. The van der Waals surface area contributed by atoms with E-state index >= 15 is 0 Å². The summed E-state index contributed by atoms with van der Waals surface area (Å²) in [5.41, 5.74) is -0.371. The molecule has 5 aromatic carbocycles. The Morgan fingerprint density at radius 2 is 1.16 bits per heavy atom. The van der Waals surface area contributed by atoms with Crippen LogP contribution in [0.5, 0.6) is 0 Å². The third kappa shape index (κ3) is 10.2. The highest BCUT2D eigenvalue weighted by molar-refractivity contribution is 6.09. The van der Waals surface area contributed by atoms with Gasteiger partial charge in [0.15, 0.2) is 0 Å². The van der Waals surface area contributed by atoms with E-state index in [1.165, 1.54) is 52.0 Å². The van der Waals surface area contributed by atoms with Crippen LogP contribution in [0.4, 0.5) is 0 Å². The molecule has 0 N–H and O–H groups in total. The number of nitrogens with zero attached hydrogens (tertiary/aromatic N) is 4. The van der Waals surface area contributed by atoms with E-state index in [0.29, 0.717) is 51.7 Å². The topological polar surface area (TPSA) is 75.6 Å². The molecule has 0 unspecified atom stereocenters. The second-order valence-electron chi connectivity index (χ2n) is 17.7. The number of aromatic nitrogens is 3. The van der Waals surface area contributed by atoms with Crippen LogP contribution in [0.1, 0.15) is 156 Å². The van der Waals surface area contributed by atoms with E-state index in [-0.39, 0.29) is 80.7 Å². The largest absolute Gasteiger partial charge is 0.455 e. The molecule has 344 valence electrons. The fourth-order valence-electron chi connectivity index (χ4n) is 8.91. The standard InChI is InChI=1S/C64H62N4O/c1-42(2)57-35-60(49-17-10-6-11-18-49)66-39-51(57)27-23-44-31-45(24-28-52-40-67-61(36-58(52)43(3)4)50-19-12-7-13-20-50)33-46(32-44)25-29-53-41-68-62(37-59(53)48-15-8-5-9-16-48)56-22-14-21-55-54-30-26-47(38-65)34-63(54)69-64(55)56/h6-7,10-14,17-22,26,30-37,39-43,48H,5,8-9,15-16,23-25,27-29H2,1-4H3/i23D2,24D2,25D2,26D,27D2,28D2,29D2,34D,42D,43D,48D. The Balaban J connectivity index is 1.18. The Labute approximate surface area is 432 Å². The van der Waals surface area contributed by atoms with Crippen molar-refractivity contribution >= 4 is 21.9 Å². The Hall–Kier alpha value is -7.16. The van der Waals surface area contributed by atoms with E-state index in [9.17, 15) is 25.8 Å². The number of benzene rings is 5. The minimum absolute atomic E-state index is 0.0512. The van der Waals surface area contributed by atoms with Crippen molar-refractivity contribution in [1.29, 1.82) is 5.26 Å². The van der Waals surface area contributed by atoms with Crippen molar-refractivity contribution in [3.8, 4) is 39.8 Å². The van der Waals surface area contributed by atoms with Gasteiger partial charge in [-0.15, -0.1) is 0 Å². The fraction of sp³-hybridized carbons (Fsp3) is 0.281. The number of para-hydroxylation sites is 1. The molecule has 5 nitrogen and oxygen atoms in total. The van der Waals surface area contributed by atoms with Crippen molar-refractivity contribution in [3.05, 3.63) is 208 Å². The van der Waals surface area contributed by atoms with Gasteiger partial charge in [0, 0.05) is 66.6 Å². The summed E-state index contributed by atoms with van der Waals surface area (Å²) < 4.78 is 171. The number of hydrogen-bond donors (Lipinski definition) is 0. The summed E-state index contributed by atoms with van der Waals surface area (Å²) in [6.07, 6.45) is -13.8. The highest BCUT2D eigenvalue weighted by Crippen LogP contribution is 2.40. The number of pyridine rings is 3. The first-order chi connectivity index (χ1) is 40.1. The monoisotopic (exact) mass is 920 g/mol. The molecule has 9 aromatic rings. The summed E-state index contributed by atoms with van der Waals surface area (Å²) >= 11 is 0. The van der Waals surface area contributed by atoms with E-state index < -0.39 is 72.6 Å². The molecule has 4 aromatic heterocycles. The molecule has 1 aliphatic rings. The molecular weight excluding hydrogens is 841 g/mol. The van der Waals surface area contributed by atoms with Gasteiger partial charge in [-0.2, -0.15) is 5.26 Å². The van der Waals surface area contributed by atoms with Gasteiger partial charge in [0.05, 0.1) is 31.5 Å². The van der Waals surface area contributed by atoms with Gasteiger partial charge in [-0.25, -0.2) is 0 Å². The van der Waals surface area contributed by atoms with Crippen molar-refractivity contribution in [2.75, 3.05) is 0 Å². The SMILES string of the molecule is [2H]c1cc2c(oc3c(-c4cc(C5([2H])CCCCC5)c(C([2H])([2H])C([2H])([2H])c5cc(C([2H])([2H])C([2H])([2H])c6cnc(-c7ccccc7)cc6C([2H])(C)C)cc(C([2H])([2H])C([2H])([2H])c6cnc(-c7ccccc7)cc6C([2H])(C)C)c5)cn4)cccc32)c([2H])c1C#N. The molecule has 1 saturated carbocycles. The Bertz CT molecular complexity index is 4000. The summed E-state index contributed by atoms with van der Waals surface area (Å²) in [6.45, 7) is 6.01. The molecule has 4 heterocycles. The summed E-state index contributed by atoms with van der Waals surface area (Å²) in [5.74, 6) is -4.67. The lowest BCUT2D eigenvalue weighted by Crippen LogP contribution is -2.09. The zero-order chi connectivity index (χ0) is 62.5. The number of rotatable bonds is 15. The van der Waals surface area contributed by atoms with Gasteiger partial charge in [0.1, 0.15) is 11.2 Å². The third-order valence-corrected chi connectivity index (χ3v) is 12.5. The maximum Gasteiger partial charge on any atom is 0.144 e. The van der Waals surface area contributed by atoms with E-state index in [2.05, 4.69) is 9.97 Å². The maximum absolute atomic E-state index is 10.1. The minimum Gasteiger partial charge on any atom is -0.455 e. The van der Waals surface area contributed by atoms with Crippen molar-refractivity contribution in [3.63, 3.8) is 0 Å². The number of fused-ring (bicyclic) bond motifs is 3. The van der Waals surface area contributed by atoms with Gasteiger partial charge < -0.3 is 4.42 Å². The summed E-state index contributed by atoms with van der Waals surface area (Å²) in [4.78, 5) is 13.8. The normalized spacial score (nSPS) is 18.8. The van der Waals surface area contributed by atoms with Gasteiger partial charge in [-0.05, 0) is 161 Å². The van der Waals surface area contributed by atoms with E-state index in [1.807, 2.05) is 6.07 Å². The predicted octanol–water partition coefficient (Wildman–Crippen LogP) is 16.3. The van der Waals surface area contributed by atoms with Crippen LogP contribution in [0, 0.1) is 11.3 Å². The molecule has 0 radical (unpaired) electrons. The van der Waals surface area contributed by atoms with E-state index in [4.69, 9.17) is 12.1 Å². The highest BCUT2D eigenvalue weighted by atomic mass is 16.3. The molecule has 10 rings (SSSR count). The first kappa shape index (κ1) is 29.7. The van der Waals surface area contributed by atoms with Crippen LogP contribution in [-0.4, -0.2) is 15.0 Å². The minimum atomic E-state index is -3.36. The zero-order valence-electron chi connectivity index (χ0n) is 56.0. The molecule has 5 heteroatoms. The summed E-state index contributed by atoms with van der Waals surface area (Å²) in [6, 6.07) is 33.1. The highest BCUT2D eigenvalue weighted by Gasteiger charge is 2.22. The van der Waals surface area contributed by atoms with Gasteiger partial charge in [-0.3, -0.25) is 15.0 Å². The van der Waals surface area contributed by atoms with Crippen molar-refractivity contribution in [2.24, 2.45) is 0 Å². The Morgan fingerprint density at radius 3 is 1.71 bits per heavy atom. The molecule has 69 heavy (non-hydrogen) atoms. The zero-order valence-corrected chi connectivity index (χ0v) is 39.0. The van der Waals surface area contributed by atoms with Gasteiger partial charge in [-0.1, -0.05) is 138 Å². The quantitative estimate of drug-likeness (QED) is 0.102. The van der Waals surface area contributed by atoms with E-state index in [0.717, 1.165) is 43.2 Å². The van der Waals surface area contributed by atoms with Crippen LogP contribution >= 0.6 is 0 Å². The molecule has 0 bridgehead atoms. The smallest absolute Gasteiger partial charge is 0.144 e. The summed E-state index contributed by atoms with van der Waals surface area (Å²) in [5, 5.41) is 10.7. The molecular formula is C64H62N4O. The number of hydrogen-bond acceptors (Lipinski definition) is 5. The molecule has 0 saturated heterocycles. The lowest BCUT2D eigenvalue weighted by atomic mass is 9.81. The Kier molecular flexibility index (Phi) is 8.86. The molecule has 0 aliphatic heterocycles. The fourth-order valence-corrected chi connectivity index (χ4v) is 8.91. The Morgan fingerprint density at radius 1 is 0.623 bits per heavy atom. The number of nitriles is 1. The molecule has 1 aliphatic carbocycles. The average molecular weight is 920 g/mol. The van der Waals surface area contributed by atoms with Gasteiger partial charge in [0.2, 0.25) is 0 Å². The maximum atomic E-state index is 10.1. The van der Waals surface area contributed by atoms with Crippen LogP contribution in [-0.2, 0) is 38.2 Å². The van der Waals surface area contributed by atoms with Crippen molar-refractivity contribution in [1.82, 2.24) is 15.0 Å². The van der Waals surface area contributed by atoms with Crippen LogP contribution in [0.2, 0.25) is 0 Å². The van der Waals surface area contributed by atoms with Crippen LogP contribution < -0.4 is 0 Å². The van der Waals surface area contributed by atoms with Crippen LogP contribution in [0.25, 0.3) is 55.7 Å². The lowest BCUT2D eigenvalue weighted by molar-refractivity contribution is 0.441. The first-order valence-corrected chi connectivity index (χ1v) is 23.3. The predicted molar refractivity (Wildman–Crippen MR) is 284 cm³/mol. The van der Waals surface area contributed by atoms with Crippen LogP contribution in [0.15, 0.2) is 156 Å². The average Bonchev–Trinajstić information content (AvgIpc) is 0.789.